The molecular formula is C13H25N3. The van der Waals surface area contributed by atoms with Crippen LogP contribution < -0.4 is 5.32 Å². The molecule has 3 nitrogen and oxygen atoms in total. The van der Waals surface area contributed by atoms with Crippen molar-refractivity contribution in [3.8, 4) is 0 Å². The van der Waals surface area contributed by atoms with E-state index in [1.54, 1.807) is 0 Å². The first-order valence-electron chi connectivity index (χ1n) is 6.42. The second-order valence-corrected chi connectivity index (χ2v) is 4.47. The Balaban J connectivity index is 2.63. The molecule has 1 unspecified atom stereocenters. The van der Waals surface area contributed by atoms with Gasteiger partial charge in [-0.15, -0.1) is 0 Å². The molecule has 3 heteroatoms. The van der Waals surface area contributed by atoms with E-state index in [0.29, 0.717) is 6.04 Å². The average molecular weight is 223 g/mol. The summed E-state index contributed by atoms with van der Waals surface area (Å²) in [6.45, 7) is 7.78. The lowest BCUT2D eigenvalue weighted by atomic mass is 9.90. The molecule has 0 fully saturated rings. The fourth-order valence-electron chi connectivity index (χ4n) is 2.36. The molecule has 1 atom stereocenters. The van der Waals surface area contributed by atoms with E-state index in [-0.39, 0.29) is 0 Å². The molecule has 0 radical (unpaired) electrons. The van der Waals surface area contributed by atoms with Crippen LogP contribution in [-0.2, 0) is 13.5 Å². The first-order valence-corrected chi connectivity index (χ1v) is 6.42. The maximum absolute atomic E-state index is 4.23. The third-order valence-electron chi connectivity index (χ3n) is 3.30. The van der Waals surface area contributed by atoms with E-state index in [0.717, 1.165) is 18.9 Å². The summed E-state index contributed by atoms with van der Waals surface area (Å²) in [5.41, 5.74) is 1.33. The third kappa shape index (κ3) is 3.63. The summed E-state index contributed by atoms with van der Waals surface area (Å²) < 4.78 is 1.88. The van der Waals surface area contributed by atoms with Gasteiger partial charge in [0.05, 0.1) is 6.20 Å². The molecule has 92 valence electrons. The summed E-state index contributed by atoms with van der Waals surface area (Å²) in [6.07, 6.45) is 7.68. The number of aromatic nitrogens is 2. The molecule has 1 aromatic heterocycles. The number of rotatable bonds is 7. The molecule has 16 heavy (non-hydrogen) atoms. The Bertz CT molecular complexity index is 289. The van der Waals surface area contributed by atoms with E-state index >= 15 is 0 Å². The van der Waals surface area contributed by atoms with Crippen molar-refractivity contribution in [3.63, 3.8) is 0 Å². The van der Waals surface area contributed by atoms with E-state index < -0.39 is 0 Å². The predicted octanol–water partition coefficient (Wildman–Crippen LogP) is 2.38. The summed E-state index contributed by atoms with van der Waals surface area (Å²) in [6, 6.07) is 0.587. The molecule has 0 amide bonds. The summed E-state index contributed by atoms with van der Waals surface area (Å²) in [7, 11) is 1.98. The van der Waals surface area contributed by atoms with Gasteiger partial charge in [-0.1, -0.05) is 33.6 Å². The molecule has 1 aromatic rings. The van der Waals surface area contributed by atoms with Gasteiger partial charge in [-0.05, 0) is 24.4 Å². The molecule has 0 spiro atoms. The second kappa shape index (κ2) is 6.69. The van der Waals surface area contributed by atoms with Crippen LogP contribution >= 0.6 is 0 Å². The van der Waals surface area contributed by atoms with Crippen LogP contribution in [0.25, 0.3) is 0 Å². The normalized spacial score (nSPS) is 13.3. The van der Waals surface area contributed by atoms with Crippen LogP contribution in [0.1, 0.15) is 39.2 Å². The highest BCUT2D eigenvalue weighted by molar-refractivity contribution is 5.06. The molecular weight excluding hydrogens is 198 g/mol. The second-order valence-electron chi connectivity index (χ2n) is 4.47. The van der Waals surface area contributed by atoms with Crippen molar-refractivity contribution in [2.24, 2.45) is 13.0 Å². The highest BCUT2D eigenvalue weighted by Gasteiger charge is 2.18. The molecule has 1 N–H and O–H groups in total. The van der Waals surface area contributed by atoms with Crippen LogP contribution in [0, 0.1) is 5.92 Å². The fourth-order valence-corrected chi connectivity index (χ4v) is 2.36. The Kier molecular flexibility index (Phi) is 5.53. The zero-order valence-electron chi connectivity index (χ0n) is 11.0. The topological polar surface area (TPSA) is 29.9 Å². The van der Waals surface area contributed by atoms with Crippen molar-refractivity contribution >= 4 is 0 Å². The maximum atomic E-state index is 4.23. The molecule has 1 heterocycles. The third-order valence-corrected chi connectivity index (χ3v) is 3.30. The fraction of sp³-hybridized carbons (Fsp3) is 0.769. The maximum Gasteiger partial charge on any atom is 0.0522 e. The molecule has 0 aliphatic carbocycles. The number of hydrogen-bond donors (Lipinski definition) is 1. The van der Waals surface area contributed by atoms with Crippen LogP contribution in [0.3, 0.4) is 0 Å². The van der Waals surface area contributed by atoms with Crippen molar-refractivity contribution < 1.29 is 0 Å². The van der Waals surface area contributed by atoms with Crippen molar-refractivity contribution in [3.05, 3.63) is 18.0 Å². The van der Waals surface area contributed by atoms with Gasteiger partial charge < -0.3 is 5.32 Å². The molecule has 0 aliphatic rings. The molecule has 0 saturated heterocycles. The number of nitrogens with one attached hydrogen (secondary N) is 1. The Labute approximate surface area is 99.2 Å². The molecule has 0 aromatic carbocycles. The lowest BCUT2D eigenvalue weighted by molar-refractivity contribution is 0.336. The largest absolute Gasteiger partial charge is 0.314 e. The SMILES string of the molecule is CCNC(Cc1cnn(C)c1)C(CC)CC. The van der Waals surface area contributed by atoms with Crippen LogP contribution in [-0.4, -0.2) is 22.4 Å². The van der Waals surface area contributed by atoms with Crippen molar-refractivity contribution in [2.75, 3.05) is 6.54 Å². The van der Waals surface area contributed by atoms with Crippen molar-refractivity contribution in [2.45, 2.75) is 46.1 Å². The standard InChI is InChI=1S/C13H25N3/c1-5-12(6-2)13(14-7-3)8-11-9-15-16(4)10-11/h9-10,12-14H,5-8H2,1-4H3. The minimum Gasteiger partial charge on any atom is -0.314 e. The Hall–Kier alpha value is -0.830. The number of nitrogens with zero attached hydrogens (tertiary/aromatic N) is 2. The van der Waals surface area contributed by atoms with Gasteiger partial charge in [-0.2, -0.15) is 5.10 Å². The van der Waals surface area contributed by atoms with Crippen LogP contribution in [0.5, 0.6) is 0 Å². The first-order chi connectivity index (χ1) is 7.71. The number of aryl methyl sites for hydroxylation is 1. The van der Waals surface area contributed by atoms with Gasteiger partial charge in [-0.25, -0.2) is 0 Å². The zero-order valence-corrected chi connectivity index (χ0v) is 11.0. The van der Waals surface area contributed by atoms with E-state index in [1.807, 2.05) is 17.9 Å². The van der Waals surface area contributed by atoms with Gasteiger partial charge in [0.25, 0.3) is 0 Å². The van der Waals surface area contributed by atoms with E-state index in [4.69, 9.17) is 0 Å². The van der Waals surface area contributed by atoms with Gasteiger partial charge in [0, 0.05) is 19.3 Å². The molecule has 1 rings (SSSR count). The summed E-state index contributed by atoms with van der Waals surface area (Å²) in [5.74, 6) is 0.764. The highest BCUT2D eigenvalue weighted by Crippen LogP contribution is 2.17. The Morgan fingerprint density at radius 3 is 2.44 bits per heavy atom. The Morgan fingerprint density at radius 1 is 1.31 bits per heavy atom. The number of likely N-dealkylation sites (N-methyl/N-ethyl adjacent to an activating group) is 1. The first kappa shape index (κ1) is 13.2. The minimum atomic E-state index is 0.587. The molecule has 0 saturated carbocycles. The van der Waals surface area contributed by atoms with Gasteiger partial charge in [0.1, 0.15) is 0 Å². The Morgan fingerprint density at radius 2 is 2.00 bits per heavy atom. The van der Waals surface area contributed by atoms with Gasteiger partial charge in [0.15, 0.2) is 0 Å². The monoisotopic (exact) mass is 223 g/mol. The molecule has 0 bridgehead atoms. The lowest BCUT2D eigenvalue weighted by Crippen LogP contribution is -2.37. The van der Waals surface area contributed by atoms with Gasteiger partial charge >= 0.3 is 0 Å². The summed E-state index contributed by atoms with van der Waals surface area (Å²) >= 11 is 0. The van der Waals surface area contributed by atoms with E-state index in [9.17, 15) is 0 Å². The average Bonchev–Trinajstić information content (AvgIpc) is 2.66. The van der Waals surface area contributed by atoms with Crippen LogP contribution in [0.15, 0.2) is 12.4 Å². The minimum absolute atomic E-state index is 0.587. The quantitative estimate of drug-likeness (QED) is 0.769. The zero-order chi connectivity index (χ0) is 12.0. The predicted molar refractivity (Wildman–Crippen MR) is 68.4 cm³/mol. The highest BCUT2D eigenvalue weighted by atomic mass is 15.2. The lowest BCUT2D eigenvalue weighted by Gasteiger charge is -2.25. The molecule has 0 aliphatic heterocycles. The van der Waals surface area contributed by atoms with Crippen LogP contribution in [0.2, 0.25) is 0 Å². The van der Waals surface area contributed by atoms with Crippen molar-refractivity contribution in [1.82, 2.24) is 15.1 Å². The van der Waals surface area contributed by atoms with E-state index in [1.165, 1.54) is 18.4 Å². The van der Waals surface area contributed by atoms with Gasteiger partial charge in [0.2, 0.25) is 0 Å². The number of hydrogen-bond acceptors (Lipinski definition) is 2. The van der Waals surface area contributed by atoms with Crippen molar-refractivity contribution in [1.29, 1.82) is 0 Å². The summed E-state index contributed by atoms with van der Waals surface area (Å²) in [5, 5.41) is 7.83. The smallest absolute Gasteiger partial charge is 0.0522 e. The van der Waals surface area contributed by atoms with Gasteiger partial charge in [-0.3, -0.25) is 4.68 Å². The van der Waals surface area contributed by atoms with E-state index in [2.05, 4.69) is 37.4 Å². The summed E-state index contributed by atoms with van der Waals surface area (Å²) in [4.78, 5) is 0. The van der Waals surface area contributed by atoms with Crippen LogP contribution in [0.4, 0.5) is 0 Å².